The molecule has 0 bridgehead atoms. The van der Waals surface area contributed by atoms with Gasteiger partial charge in [0.25, 0.3) is 5.91 Å². The van der Waals surface area contributed by atoms with Crippen LogP contribution in [0.3, 0.4) is 0 Å². The van der Waals surface area contributed by atoms with Crippen molar-refractivity contribution in [3.63, 3.8) is 0 Å². The average Bonchev–Trinajstić information content (AvgIpc) is 3.10. The van der Waals surface area contributed by atoms with Crippen molar-refractivity contribution in [1.29, 1.82) is 0 Å². The van der Waals surface area contributed by atoms with Crippen molar-refractivity contribution in [2.24, 2.45) is 0 Å². The molecule has 1 saturated carbocycles. The zero-order valence-corrected chi connectivity index (χ0v) is 11.8. The topological polar surface area (TPSA) is 109 Å². The van der Waals surface area contributed by atoms with Crippen molar-refractivity contribution in [1.82, 2.24) is 30.3 Å². The standard InChI is InChI=1S/C13H18N6O2/c1-2-19-11(7-20)17-18-12(19)8-3-10(4-8)16-13(21)9-5-14-15-6-9/h5-6,8,10,20H,2-4,7H2,1H3,(H,14,15)(H,16,21). The first-order valence-electron chi connectivity index (χ1n) is 7.05. The summed E-state index contributed by atoms with van der Waals surface area (Å²) in [5.41, 5.74) is 0.540. The van der Waals surface area contributed by atoms with Gasteiger partial charge in [-0.1, -0.05) is 0 Å². The average molecular weight is 290 g/mol. The third kappa shape index (κ3) is 2.54. The lowest BCUT2D eigenvalue weighted by molar-refractivity contribution is 0.0906. The minimum absolute atomic E-state index is 0.103. The Hall–Kier alpha value is -2.22. The molecule has 0 spiro atoms. The SMILES string of the molecule is CCn1c(CO)nnc1C1CC(NC(=O)c2cn[nH]c2)C1. The maximum atomic E-state index is 11.9. The number of amides is 1. The van der Waals surface area contributed by atoms with Crippen LogP contribution >= 0.6 is 0 Å². The summed E-state index contributed by atoms with van der Waals surface area (Å²) in [6.07, 6.45) is 4.76. The number of H-pyrrole nitrogens is 1. The Kier molecular flexibility index (Phi) is 3.70. The number of rotatable bonds is 5. The minimum Gasteiger partial charge on any atom is -0.388 e. The highest BCUT2D eigenvalue weighted by atomic mass is 16.3. The lowest BCUT2D eigenvalue weighted by Gasteiger charge is -2.35. The largest absolute Gasteiger partial charge is 0.388 e. The minimum atomic E-state index is -0.111. The predicted molar refractivity (Wildman–Crippen MR) is 73.4 cm³/mol. The van der Waals surface area contributed by atoms with Gasteiger partial charge in [0.1, 0.15) is 12.4 Å². The van der Waals surface area contributed by atoms with Crippen LogP contribution in [0.1, 0.15) is 47.7 Å². The van der Waals surface area contributed by atoms with E-state index in [4.69, 9.17) is 0 Å². The van der Waals surface area contributed by atoms with Crippen LogP contribution in [-0.2, 0) is 13.2 Å². The fourth-order valence-electron chi connectivity index (χ4n) is 2.70. The summed E-state index contributed by atoms with van der Waals surface area (Å²) in [4.78, 5) is 11.9. The van der Waals surface area contributed by atoms with Gasteiger partial charge in [-0.05, 0) is 19.8 Å². The summed E-state index contributed by atoms with van der Waals surface area (Å²) in [6, 6.07) is 0.150. The zero-order valence-electron chi connectivity index (χ0n) is 11.8. The molecular weight excluding hydrogens is 272 g/mol. The Labute approximate surface area is 121 Å². The summed E-state index contributed by atoms with van der Waals surface area (Å²) in [6.45, 7) is 2.64. The van der Waals surface area contributed by atoms with Crippen LogP contribution in [-0.4, -0.2) is 42.0 Å². The molecule has 1 aliphatic carbocycles. The van der Waals surface area contributed by atoms with Crippen LogP contribution in [0.4, 0.5) is 0 Å². The monoisotopic (exact) mass is 290 g/mol. The van der Waals surface area contributed by atoms with Crippen molar-refractivity contribution in [3.05, 3.63) is 29.6 Å². The highest BCUT2D eigenvalue weighted by Crippen LogP contribution is 2.36. The normalized spacial score (nSPS) is 21.0. The molecule has 0 radical (unpaired) electrons. The van der Waals surface area contributed by atoms with Gasteiger partial charge >= 0.3 is 0 Å². The van der Waals surface area contributed by atoms with Crippen LogP contribution in [0.15, 0.2) is 12.4 Å². The van der Waals surface area contributed by atoms with E-state index in [1.165, 1.54) is 6.20 Å². The maximum absolute atomic E-state index is 11.9. The van der Waals surface area contributed by atoms with Crippen LogP contribution in [0.2, 0.25) is 0 Å². The van der Waals surface area contributed by atoms with Crippen molar-refractivity contribution in [3.8, 4) is 0 Å². The summed E-state index contributed by atoms with van der Waals surface area (Å²) in [5.74, 6) is 1.67. The molecule has 3 rings (SSSR count). The Morgan fingerprint density at radius 3 is 2.95 bits per heavy atom. The summed E-state index contributed by atoms with van der Waals surface area (Å²) < 4.78 is 1.94. The molecule has 0 aliphatic heterocycles. The molecule has 1 amide bonds. The summed E-state index contributed by atoms with van der Waals surface area (Å²) in [7, 11) is 0. The number of nitrogens with one attached hydrogen (secondary N) is 2. The van der Waals surface area contributed by atoms with Crippen LogP contribution in [0.5, 0.6) is 0 Å². The Morgan fingerprint density at radius 2 is 2.33 bits per heavy atom. The molecular formula is C13H18N6O2. The maximum Gasteiger partial charge on any atom is 0.254 e. The molecule has 1 fully saturated rings. The smallest absolute Gasteiger partial charge is 0.254 e. The number of hydrogen-bond acceptors (Lipinski definition) is 5. The molecule has 8 heteroatoms. The molecule has 0 saturated heterocycles. The second-order valence-corrected chi connectivity index (χ2v) is 5.20. The third-order valence-corrected chi connectivity index (χ3v) is 3.91. The van der Waals surface area contributed by atoms with E-state index in [2.05, 4.69) is 25.7 Å². The first kappa shape index (κ1) is 13.7. The zero-order chi connectivity index (χ0) is 14.8. The molecule has 3 N–H and O–H groups in total. The highest BCUT2D eigenvalue weighted by Gasteiger charge is 2.35. The molecule has 2 aromatic heterocycles. The number of carbonyl (C=O) groups is 1. The van der Waals surface area contributed by atoms with E-state index in [1.54, 1.807) is 6.20 Å². The first-order chi connectivity index (χ1) is 10.2. The number of carbonyl (C=O) groups excluding carboxylic acids is 1. The number of aliphatic hydroxyl groups is 1. The predicted octanol–water partition coefficient (Wildman–Crippen LogP) is 0.189. The van der Waals surface area contributed by atoms with Gasteiger partial charge in [-0.3, -0.25) is 9.89 Å². The van der Waals surface area contributed by atoms with Gasteiger partial charge in [-0.15, -0.1) is 10.2 Å². The number of aliphatic hydroxyl groups excluding tert-OH is 1. The van der Waals surface area contributed by atoms with Crippen LogP contribution in [0, 0.1) is 0 Å². The van der Waals surface area contributed by atoms with Gasteiger partial charge in [-0.25, -0.2) is 0 Å². The van der Waals surface area contributed by atoms with Crippen molar-refractivity contribution in [2.45, 2.75) is 44.9 Å². The summed E-state index contributed by atoms with van der Waals surface area (Å²) >= 11 is 0. The van der Waals surface area contributed by atoms with Gasteiger partial charge in [0, 0.05) is 24.7 Å². The summed E-state index contributed by atoms with van der Waals surface area (Å²) in [5, 5.41) is 26.7. The second-order valence-electron chi connectivity index (χ2n) is 5.20. The van der Waals surface area contributed by atoms with Gasteiger partial charge in [0.15, 0.2) is 5.82 Å². The van der Waals surface area contributed by atoms with Gasteiger partial charge < -0.3 is 15.0 Å². The molecule has 112 valence electrons. The number of aromatic nitrogens is 5. The highest BCUT2D eigenvalue weighted by molar-refractivity contribution is 5.93. The van der Waals surface area contributed by atoms with Gasteiger partial charge in [-0.2, -0.15) is 5.10 Å². The third-order valence-electron chi connectivity index (χ3n) is 3.91. The van der Waals surface area contributed by atoms with Gasteiger partial charge in [0.05, 0.1) is 11.8 Å². The molecule has 0 unspecified atom stereocenters. The van der Waals surface area contributed by atoms with E-state index in [-0.39, 0.29) is 24.5 Å². The van der Waals surface area contributed by atoms with E-state index >= 15 is 0 Å². The lowest BCUT2D eigenvalue weighted by atomic mass is 9.79. The van der Waals surface area contributed by atoms with Crippen LogP contribution in [0.25, 0.3) is 0 Å². The molecule has 0 atom stereocenters. The Morgan fingerprint density at radius 1 is 1.52 bits per heavy atom. The molecule has 8 nitrogen and oxygen atoms in total. The molecule has 21 heavy (non-hydrogen) atoms. The van der Waals surface area contributed by atoms with E-state index in [0.29, 0.717) is 11.4 Å². The van der Waals surface area contributed by atoms with Gasteiger partial charge in [0.2, 0.25) is 0 Å². The molecule has 1 aliphatic rings. The van der Waals surface area contributed by atoms with Crippen molar-refractivity contribution < 1.29 is 9.90 Å². The second kappa shape index (κ2) is 5.65. The molecule has 0 aromatic carbocycles. The van der Waals surface area contributed by atoms with E-state index < -0.39 is 0 Å². The molecule has 2 aromatic rings. The number of aromatic amines is 1. The van der Waals surface area contributed by atoms with Crippen molar-refractivity contribution >= 4 is 5.91 Å². The Balaban J connectivity index is 1.58. The lowest BCUT2D eigenvalue weighted by Crippen LogP contribution is -2.44. The number of nitrogens with zero attached hydrogens (tertiary/aromatic N) is 4. The van der Waals surface area contributed by atoms with E-state index in [0.717, 1.165) is 25.2 Å². The fraction of sp³-hybridized carbons (Fsp3) is 0.538. The number of hydrogen-bond donors (Lipinski definition) is 3. The quantitative estimate of drug-likeness (QED) is 0.728. The van der Waals surface area contributed by atoms with E-state index in [1.807, 2.05) is 11.5 Å². The Bertz CT molecular complexity index is 615. The van der Waals surface area contributed by atoms with Crippen molar-refractivity contribution in [2.75, 3.05) is 0 Å². The van der Waals surface area contributed by atoms with Crippen LogP contribution < -0.4 is 5.32 Å². The van der Waals surface area contributed by atoms with E-state index in [9.17, 15) is 9.90 Å². The first-order valence-corrected chi connectivity index (χ1v) is 7.05. The molecule has 2 heterocycles. The fourth-order valence-corrected chi connectivity index (χ4v) is 2.70.